The molecule has 3 aliphatic rings. The van der Waals surface area contributed by atoms with Gasteiger partial charge in [0.25, 0.3) is 5.91 Å². The van der Waals surface area contributed by atoms with Crippen LogP contribution in [0, 0.1) is 0 Å². The minimum Gasteiger partial charge on any atom is -0.426 e. The van der Waals surface area contributed by atoms with E-state index in [1.165, 1.54) is 0 Å². The number of piperidine rings is 2. The van der Waals surface area contributed by atoms with E-state index in [1.54, 1.807) is 23.5 Å². The van der Waals surface area contributed by atoms with Crippen LogP contribution in [-0.2, 0) is 11.3 Å². The molecule has 3 aromatic heterocycles. The van der Waals surface area contributed by atoms with Crippen LogP contribution in [0.2, 0.25) is 0 Å². The van der Waals surface area contributed by atoms with E-state index in [-0.39, 0.29) is 30.7 Å². The van der Waals surface area contributed by atoms with Gasteiger partial charge in [-0.15, -0.1) is 0 Å². The summed E-state index contributed by atoms with van der Waals surface area (Å²) in [4.78, 5) is 34.5. The zero-order chi connectivity index (χ0) is 26.8. The molecule has 11 heteroatoms. The fourth-order valence-electron chi connectivity index (χ4n) is 5.67. The number of pyridine rings is 1. The second-order valence-electron chi connectivity index (χ2n) is 10.5. The molecule has 6 rings (SSSR count). The van der Waals surface area contributed by atoms with E-state index in [0.717, 1.165) is 35.3 Å². The van der Waals surface area contributed by atoms with Crippen molar-refractivity contribution in [3.63, 3.8) is 0 Å². The highest BCUT2D eigenvalue weighted by Gasteiger charge is 2.45. The zero-order valence-electron chi connectivity index (χ0n) is 21.9. The number of carbonyl (C=O) groups is 1. The highest BCUT2D eigenvalue weighted by Crippen LogP contribution is 2.35. The molecule has 1 aliphatic carbocycles. The lowest BCUT2D eigenvalue weighted by molar-refractivity contribution is -0.148. The highest BCUT2D eigenvalue weighted by molar-refractivity contribution is 5.85. The number of carbonyl (C=O) groups excluding carboxylic acids is 1. The minimum atomic E-state index is -1.84. The number of aromatic nitrogens is 5. The predicted octanol–water partition coefficient (Wildman–Crippen LogP) is 3.58. The number of amides is 1. The van der Waals surface area contributed by atoms with E-state index < -0.39 is 5.67 Å². The second kappa shape index (κ2) is 10.7. The van der Waals surface area contributed by atoms with Crippen molar-refractivity contribution in [3.05, 3.63) is 60.3 Å². The van der Waals surface area contributed by atoms with Crippen LogP contribution in [0.3, 0.4) is 0 Å². The molecule has 0 saturated carbocycles. The van der Waals surface area contributed by atoms with Crippen LogP contribution in [0.25, 0.3) is 11.2 Å². The molecule has 2 fully saturated rings. The van der Waals surface area contributed by atoms with Gasteiger partial charge in [-0.3, -0.25) is 14.3 Å². The summed E-state index contributed by atoms with van der Waals surface area (Å²) in [6, 6.07) is 4.35. The van der Waals surface area contributed by atoms with Crippen molar-refractivity contribution in [2.75, 3.05) is 31.9 Å². The maximum Gasteiger partial charge on any atom is 0.304 e. The highest BCUT2D eigenvalue weighted by atomic mass is 19.1. The van der Waals surface area contributed by atoms with Crippen LogP contribution in [0.5, 0.6) is 6.01 Å². The van der Waals surface area contributed by atoms with Crippen molar-refractivity contribution in [2.24, 2.45) is 0 Å². The average molecular weight is 533 g/mol. The molecule has 2 saturated heterocycles. The summed E-state index contributed by atoms with van der Waals surface area (Å²) in [7, 11) is 0. The molecular formula is C28H33FN8O2. The van der Waals surface area contributed by atoms with Gasteiger partial charge in [-0.05, 0) is 50.0 Å². The van der Waals surface area contributed by atoms with Gasteiger partial charge >= 0.3 is 6.01 Å². The SMILES string of the molecule is Nc1ncc(CN2CCC(F)(C(=O)N3CCC(n4c(OC5=CCCC=C5)nc5cccnc54)CC3)CC2)cn1. The average Bonchev–Trinajstić information content (AvgIpc) is 3.33. The number of halogens is 1. The smallest absolute Gasteiger partial charge is 0.304 e. The van der Waals surface area contributed by atoms with Crippen LogP contribution in [0.4, 0.5) is 10.3 Å². The molecule has 204 valence electrons. The summed E-state index contributed by atoms with van der Waals surface area (Å²) in [6.07, 6.45) is 14.9. The van der Waals surface area contributed by atoms with E-state index in [4.69, 9.17) is 15.5 Å². The molecular weight excluding hydrogens is 499 g/mol. The maximum atomic E-state index is 15.9. The number of hydrogen-bond acceptors (Lipinski definition) is 8. The van der Waals surface area contributed by atoms with E-state index in [0.29, 0.717) is 51.6 Å². The third kappa shape index (κ3) is 5.36. The number of allylic oxidation sites excluding steroid dienone is 3. The number of fused-ring (bicyclic) bond motifs is 1. The van der Waals surface area contributed by atoms with Gasteiger partial charge in [-0.2, -0.15) is 4.98 Å². The monoisotopic (exact) mass is 532 g/mol. The summed E-state index contributed by atoms with van der Waals surface area (Å²) in [5.41, 5.74) is 6.18. The lowest BCUT2D eigenvalue weighted by Gasteiger charge is -2.40. The molecule has 0 atom stereocenters. The first kappa shape index (κ1) is 25.4. The van der Waals surface area contributed by atoms with Gasteiger partial charge in [0, 0.05) is 75.8 Å². The van der Waals surface area contributed by atoms with Gasteiger partial charge in [-0.1, -0.05) is 6.08 Å². The van der Waals surface area contributed by atoms with E-state index >= 15 is 4.39 Å². The Morgan fingerprint density at radius 1 is 1.10 bits per heavy atom. The number of nitrogen functional groups attached to an aromatic ring is 1. The number of nitrogens with zero attached hydrogens (tertiary/aromatic N) is 7. The molecule has 0 radical (unpaired) electrons. The Balaban J connectivity index is 1.09. The Kier molecular flexibility index (Phi) is 6.99. The zero-order valence-corrected chi connectivity index (χ0v) is 21.9. The third-order valence-corrected chi connectivity index (χ3v) is 7.87. The summed E-state index contributed by atoms with van der Waals surface area (Å²) < 4.78 is 24.1. The standard InChI is InChI=1S/C28H33FN8O2/c29-28(10-15-35(16-11-28)19-20-17-32-26(30)33-18-20)25(38)36-13-8-21(9-14-36)37-24-23(7-4-12-31-24)34-27(37)39-22-5-2-1-3-6-22/h2,4-7,12,17-18,21H,1,3,8-11,13-16,19H2,(H2,30,32,33). The molecule has 1 amide bonds. The Labute approximate surface area is 226 Å². The number of nitrogens with two attached hydrogens (primary N) is 1. The Bertz CT molecular complexity index is 1390. The van der Waals surface area contributed by atoms with Crippen molar-refractivity contribution < 1.29 is 13.9 Å². The number of alkyl halides is 1. The molecule has 39 heavy (non-hydrogen) atoms. The van der Waals surface area contributed by atoms with Crippen molar-refractivity contribution in [2.45, 2.75) is 56.8 Å². The van der Waals surface area contributed by atoms with Gasteiger partial charge in [-0.25, -0.2) is 19.3 Å². The van der Waals surface area contributed by atoms with Crippen LogP contribution in [0.15, 0.2) is 54.7 Å². The van der Waals surface area contributed by atoms with E-state index in [2.05, 4.69) is 32.0 Å². The number of rotatable bonds is 6. The van der Waals surface area contributed by atoms with Gasteiger partial charge in [0.2, 0.25) is 5.95 Å². The second-order valence-corrected chi connectivity index (χ2v) is 10.5. The topological polar surface area (TPSA) is 115 Å². The van der Waals surface area contributed by atoms with Crippen molar-refractivity contribution >= 4 is 23.0 Å². The molecule has 0 unspecified atom stereocenters. The minimum absolute atomic E-state index is 0.0525. The molecule has 3 aromatic rings. The van der Waals surface area contributed by atoms with Gasteiger partial charge in [0.05, 0.1) is 0 Å². The summed E-state index contributed by atoms with van der Waals surface area (Å²) in [5.74, 6) is 0.619. The van der Waals surface area contributed by atoms with Crippen LogP contribution >= 0.6 is 0 Å². The quantitative estimate of drug-likeness (QED) is 0.512. The Hall–Kier alpha value is -3.86. The first-order chi connectivity index (χ1) is 19.0. The van der Waals surface area contributed by atoms with E-state index in [1.807, 2.05) is 22.8 Å². The normalized spacial score (nSPS) is 20.2. The summed E-state index contributed by atoms with van der Waals surface area (Å²) in [5, 5.41) is 0. The van der Waals surface area contributed by atoms with Crippen molar-refractivity contribution in [1.82, 2.24) is 34.3 Å². The van der Waals surface area contributed by atoms with Crippen molar-refractivity contribution in [1.29, 1.82) is 0 Å². The third-order valence-electron chi connectivity index (χ3n) is 7.87. The lowest BCUT2D eigenvalue weighted by Crippen LogP contribution is -2.53. The molecule has 10 nitrogen and oxygen atoms in total. The predicted molar refractivity (Wildman–Crippen MR) is 144 cm³/mol. The number of ether oxygens (including phenoxy) is 1. The Morgan fingerprint density at radius 3 is 2.59 bits per heavy atom. The molecule has 0 bridgehead atoms. The lowest BCUT2D eigenvalue weighted by atomic mass is 9.90. The van der Waals surface area contributed by atoms with Crippen LogP contribution in [0.1, 0.15) is 50.1 Å². The Morgan fingerprint density at radius 2 is 1.87 bits per heavy atom. The molecule has 2 N–H and O–H groups in total. The summed E-state index contributed by atoms with van der Waals surface area (Å²) in [6.45, 7) is 2.58. The fraction of sp³-hybridized carbons (Fsp3) is 0.464. The van der Waals surface area contributed by atoms with Crippen LogP contribution < -0.4 is 10.5 Å². The molecule has 0 spiro atoms. The van der Waals surface area contributed by atoms with Gasteiger partial charge in [0.1, 0.15) is 11.3 Å². The van der Waals surface area contributed by atoms with E-state index in [9.17, 15) is 4.79 Å². The number of imidazole rings is 1. The first-order valence-corrected chi connectivity index (χ1v) is 13.6. The number of anilines is 1. The summed E-state index contributed by atoms with van der Waals surface area (Å²) >= 11 is 0. The molecule has 2 aliphatic heterocycles. The maximum absolute atomic E-state index is 15.9. The number of likely N-dealkylation sites (tertiary alicyclic amines) is 2. The van der Waals surface area contributed by atoms with Gasteiger partial charge in [0.15, 0.2) is 11.3 Å². The fourth-order valence-corrected chi connectivity index (χ4v) is 5.67. The molecule has 0 aromatic carbocycles. The van der Waals surface area contributed by atoms with Crippen molar-refractivity contribution in [3.8, 4) is 6.01 Å². The first-order valence-electron chi connectivity index (χ1n) is 13.6. The van der Waals surface area contributed by atoms with Crippen LogP contribution in [-0.4, -0.2) is 72.1 Å². The number of hydrogen-bond donors (Lipinski definition) is 1. The molecule has 5 heterocycles. The van der Waals surface area contributed by atoms with Gasteiger partial charge < -0.3 is 15.4 Å². The largest absolute Gasteiger partial charge is 0.426 e.